The van der Waals surface area contributed by atoms with Gasteiger partial charge in [0.05, 0.1) is 11.6 Å². The van der Waals surface area contributed by atoms with E-state index in [4.69, 9.17) is 0 Å². The molecule has 2 atom stereocenters. The number of anilines is 1. The fourth-order valence-corrected chi connectivity index (χ4v) is 5.37. The summed E-state index contributed by atoms with van der Waals surface area (Å²) in [6.07, 6.45) is 0. The van der Waals surface area contributed by atoms with Crippen LogP contribution in [0.3, 0.4) is 0 Å². The summed E-state index contributed by atoms with van der Waals surface area (Å²) in [7, 11) is 1.48. The number of nitrogens with zero attached hydrogens (tertiary/aromatic N) is 5. The highest BCUT2D eigenvalue weighted by molar-refractivity contribution is 5.89. The molecular formula is C29H26F3N5O. The first-order valence-corrected chi connectivity index (χ1v) is 12.3. The molecule has 1 saturated heterocycles. The van der Waals surface area contributed by atoms with Gasteiger partial charge < -0.3 is 9.47 Å². The Morgan fingerprint density at radius 1 is 0.895 bits per heavy atom. The van der Waals surface area contributed by atoms with Crippen molar-refractivity contribution in [3.63, 3.8) is 0 Å². The molecule has 0 amide bonds. The van der Waals surface area contributed by atoms with Crippen molar-refractivity contribution in [3.05, 3.63) is 105 Å². The molecular weight excluding hydrogens is 491 g/mol. The molecule has 2 aromatic heterocycles. The molecule has 1 aliphatic rings. The van der Waals surface area contributed by atoms with Gasteiger partial charge in [-0.25, -0.2) is 13.8 Å². The normalized spacial score (nSPS) is 18.2. The second kappa shape index (κ2) is 9.95. The molecule has 1 aliphatic heterocycles. The van der Waals surface area contributed by atoms with E-state index in [1.165, 1.54) is 41.9 Å². The van der Waals surface area contributed by atoms with Crippen LogP contribution in [0.4, 0.5) is 18.9 Å². The first-order valence-electron chi connectivity index (χ1n) is 12.3. The van der Waals surface area contributed by atoms with Crippen LogP contribution in [0.2, 0.25) is 0 Å². The highest BCUT2D eigenvalue weighted by atomic mass is 19.1. The predicted molar refractivity (Wildman–Crippen MR) is 139 cm³/mol. The summed E-state index contributed by atoms with van der Waals surface area (Å²) in [6, 6.07) is 16.9. The molecule has 0 radical (unpaired) electrons. The molecule has 0 spiro atoms. The topological polar surface area (TPSA) is 65.2 Å². The monoisotopic (exact) mass is 517 g/mol. The Morgan fingerprint density at radius 2 is 1.47 bits per heavy atom. The number of benzene rings is 2. The average molecular weight is 518 g/mol. The molecule has 9 heteroatoms. The number of aryl methyl sites for hydroxylation is 1. The van der Waals surface area contributed by atoms with Gasteiger partial charge in [-0.3, -0.25) is 9.69 Å². The van der Waals surface area contributed by atoms with Crippen molar-refractivity contribution >= 4 is 16.7 Å². The minimum absolute atomic E-state index is 0.0827. The van der Waals surface area contributed by atoms with Crippen molar-refractivity contribution in [1.82, 2.24) is 14.5 Å². The maximum Gasteiger partial charge on any atom is 0.289 e. The van der Waals surface area contributed by atoms with Gasteiger partial charge in [-0.15, -0.1) is 0 Å². The fraction of sp³-hybridized carbons (Fsp3) is 0.276. The first-order chi connectivity index (χ1) is 18.2. The summed E-state index contributed by atoms with van der Waals surface area (Å²) >= 11 is 0. The van der Waals surface area contributed by atoms with Crippen LogP contribution in [-0.4, -0.2) is 39.6 Å². The summed E-state index contributed by atoms with van der Waals surface area (Å²) < 4.78 is 44.3. The summed E-state index contributed by atoms with van der Waals surface area (Å²) in [4.78, 5) is 21.2. The number of fused-ring (bicyclic) bond motifs is 1. The highest BCUT2D eigenvalue weighted by Crippen LogP contribution is 2.36. The Hall–Kier alpha value is -4.16. The van der Waals surface area contributed by atoms with E-state index < -0.39 is 11.4 Å². The van der Waals surface area contributed by atoms with Gasteiger partial charge in [0, 0.05) is 32.2 Å². The lowest BCUT2D eigenvalue weighted by molar-refractivity contribution is 0.129. The van der Waals surface area contributed by atoms with Crippen LogP contribution in [0.1, 0.15) is 36.7 Å². The minimum Gasteiger partial charge on any atom is -0.362 e. The zero-order valence-corrected chi connectivity index (χ0v) is 21.2. The van der Waals surface area contributed by atoms with Gasteiger partial charge in [0.1, 0.15) is 34.6 Å². The maximum atomic E-state index is 15.6. The number of piperazine rings is 1. The van der Waals surface area contributed by atoms with Crippen LogP contribution in [0, 0.1) is 28.8 Å². The molecule has 3 heterocycles. The van der Waals surface area contributed by atoms with E-state index in [2.05, 4.69) is 9.88 Å². The summed E-state index contributed by atoms with van der Waals surface area (Å²) in [5.41, 5.74) is 1.82. The fourth-order valence-electron chi connectivity index (χ4n) is 5.37. The maximum absolute atomic E-state index is 15.6. The van der Waals surface area contributed by atoms with Crippen LogP contribution < -0.4 is 10.5 Å². The van der Waals surface area contributed by atoms with E-state index in [-0.39, 0.29) is 46.7 Å². The quantitative estimate of drug-likeness (QED) is 0.385. The van der Waals surface area contributed by atoms with Crippen molar-refractivity contribution < 1.29 is 13.2 Å². The Bertz CT molecular complexity index is 1550. The van der Waals surface area contributed by atoms with Crippen LogP contribution >= 0.6 is 0 Å². The minimum atomic E-state index is -0.913. The number of pyridine rings is 2. The zero-order valence-electron chi connectivity index (χ0n) is 21.2. The van der Waals surface area contributed by atoms with Gasteiger partial charge in [0.15, 0.2) is 0 Å². The molecule has 194 valence electrons. The lowest BCUT2D eigenvalue weighted by Crippen LogP contribution is -2.58. The van der Waals surface area contributed by atoms with Gasteiger partial charge >= 0.3 is 0 Å². The molecule has 0 bridgehead atoms. The molecule has 6 nitrogen and oxygen atoms in total. The van der Waals surface area contributed by atoms with Crippen molar-refractivity contribution in [1.29, 1.82) is 5.26 Å². The highest BCUT2D eigenvalue weighted by Gasteiger charge is 2.37. The van der Waals surface area contributed by atoms with Crippen LogP contribution in [0.5, 0.6) is 0 Å². The van der Waals surface area contributed by atoms with E-state index in [9.17, 15) is 18.8 Å². The molecule has 0 saturated carbocycles. The third-order valence-corrected chi connectivity index (χ3v) is 7.30. The van der Waals surface area contributed by atoms with Crippen molar-refractivity contribution in [2.45, 2.75) is 32.0 Å². The number of aromatic nitrogens is 2. The summed E-state index contributed by atoms with van der Waals surface area (Å²) in [5, 5.41) is 9.39. The number of rotatable bonds is 4. The molecule has 1 fully saturated rings. The largest absolute Gasteiger partial charge is 0.362 e. The van der Waals surface area contributed by atoms with Gasteiger partial charge in [-0.05, 0) is 61.4 Å². The van der Waals surface area contributed by atoms with E-state index in [0.29, 0.717) is 18.6 Å². The number of hydrogen-bond donors (Lipinski definition) is 0. The summed E-state index contributed by atoms with van der Waals surface area (Å²) in [5.74, 6) is -1.62. The Morgan fingerprint density at radius 3 is 2.03 bits per heavy atom. The molecule has 0 aliphatic carbocycles. The molecule has 1 unspecified atom stereocenters. The lowest BCUT2D eigenvalue weighted by Gasteiger charge is -2.48. The van der Waals surface area contributed by atoms with Crippen molar-refractivity contribution in [2.24, 2.45) is 7.05 Å². The first kappa shape index (κ1) is 25.5. The molecule has 38 heavy (non-hydrogen) atoms. The van der Waals surface area contributed by atoms with Crippen LogP contribution in [0.15, 0.2) is 65.5 Å². The standard InChI is InChI=1S/C29H26F3N5O/c1-17-16-37(28-25(32)29(38)35(3)24-13-12-23(14-33)34-26(24)28)18(2)15-36(17)27(19-4-8-21(30)9-5-19)20-6-10-22(31)11-7-20/h4-13,17-18,27H,15-16H2,1-3H3/t17?,18-/m0/s1. The number of hydrogen-bond acceptors (Lipinski definition) is 5. The zero-order chi connectivity index (χ0) is 27.1. The van der Waals surface area contributed by atoms with E-state index in [1.54, 1.807) is 30.3 Å². The van der Waals surface area contributed by atoms with Gasteiger partial charge in [0.25, 0.3) is 5.56 Å². The van der Waals surface area contributed by atoms with Gasteiger partial charge in [0.2, 0.25) is 5.82 Å². The molecule has 2 aromatic carbocycles. The Kier molecular flexibility index (Phi) is 6.67. The van der Waals surface area contributed by atoms with Crippen molar-refractivity contribution in [2.75, 3.05) is 18.0 Å². The average Bonchev–Trinajstić information content (AvgIpc) is 2.91. The van der Waals surface area contributed by atoms with E-state index in [1.807, 2.05) is 24.8 Å². The smallest absolute Gasteiger partial charge is 0.289 e. The third kappa shape index (κ3) is 4.41. The van der Waals surface area contributed by atoms with Crippen molar-refractivity contribution in [3.8, 4) is 6.07 Å². The molecule has 5 rings (SSSR count). The molecule has 4 aromatic rings. The third-order valence-electron chi connectivity index (χ3n) is 7.30. The van der Waals surface area contributed by atoms with Gasteiger partial charge in [-0.2, -0.15) is 9.65 Å². The lowest BCUT2D eigenvalue weighted by atomic mass is 9.93. The van der Waals surface area contributed by atoms with E-state index >= 15 is 4.39 Å². The molecule has 0 N–H and O–H groups in total. The second-order valence-corrected chi connectivity index (χ2v) is 9.76. The van der Waals surface area contributed by atoms with Crippen LogP contribution in [-0.2, 0) is 7.05 Å². The number of nitriles is 1. The Labute approximate surface area is 218 Å². The van der Waals surface area contributed by atoms with E-state index in [0.717, 1.165) is 11.1 Å². The summed E-state index contributed by atoms with van der Waals surface area (Å²) in [6.45, 7) is 4.75. The second-order valence-electron chi connectivity index (χ2n) is 9.76. The predicted octanol–water partition coefficient (Wildman–Crippen LogP) is 4.91. The van der Waals surface area contributed by atoms with Crippen LogP contribution in [0.25, 0.3) is 11.0 Å². The SMILES string of the molecule is CC1CN(c2c(F)c(=O)n(C)c3ccc(C#N)nc23)[C@@H](C)CN1C(c1ccc(F)cc1)c1ccc(F)cc1. The Balaban J connectivity index is 1.58. The number of halogens is 3. The van der Waals surface area contributed by atoms with Gasteiger partial charge in [-0.1, -0.05) is 24.3 Å².